The highest BCUT2D eigenvalue weighted by molar-refractivity contribution is 5.95. The fraction of sp³-hybridized carbons (Fsp3) is 0.529. The molecule has 1 aromatic rings. The topological polar surface area (TPSA) is 61.4 Å². The smallest absolute Gasteiger partial charge is 0.321 e. The van der Waals surface area contributed by atoms with E-state index in [1.807, 2.05) is 18.2 Å². The largest absolute Gasteiger partial charge is 0.338 e. The van der Waals surface area contributed by atoms with E-state index in [4.69, 9.17) is 0 Å². The maximum absolute atomic E-state index is 12.0. The van der Waals surface area contributed by atoms with Crippen LogP contribution in [0.15, 0.2) is 30.3 Å². The van der Waals surface area contributed by atoms with E-state index in [1.165, 1.54) is 5.56 Å². The molecule has 1 aliphatic rings. The monoisotopic (exact) mass is 303 g/mol. The number of amides is 3. The van der Waals surface area contributed by atoms with Crippen molar-refractivity contribution in [2.24, 2.45) is 0 Å². The number of hydrogen-bond acceptors (Lipinski definition) is 3. The minimum Gasteiger partial charge on any atom is -0.338 e. The Hall–Kier alpha value is -1.88. The van der Waals surface area contributed by atoms with Gasteiger partial charge >= 0.3 is 6.03 Å². The predicted molar refractivity (Wildman–Crippen MR) is 86.4 cm³/mol. The second kappa shape index (κ2) is 8.54. The highest BCUT2D eigenvalue weighted by Gasteiger charge is 2.27. The zero-order chi connectivity index (χ0) is 15.8. The molecule has 5 nitrogen and oxygen atoms in total. The first-order valence-electron chi connectivity index (χ1n) is 8.07. The molecule has 1 atom stereocenters. The van der Waals surface area contributed by atoms with Crippen LogP contribution in [0.25, 0.3) is 0 Å². The number of hydrogen-bond donors (Lipinski definition) is 2. The number of carbonyl (C=O) groups excluding carboxylic acids is 2. The SMILES string of the molecule is CCCCNC(=O)NC(=O)CN1CCCC1c1ccccc1. The van der Waals surface area contributed by atoms with Crippen LogP contribution in [0.3, 0.4) is 0 Å². The Labute approximate surface area is 132 Å². The van der Waals surface area contributed by atoms with Crippen molar-refractivity contribution >= 4 is 11.9 Å². The quantitative estimate of drug-likeness (QED) is 0.794. The third-order valence-corrected chi connectivity index (χ3v) is 3.96. The first kappa shape index (κ1) is 16.5. The summed E-state index contributed by atoms with van der Waals surface area (Å²) in [6.07, 6.45) is 4.07. The van der Waals surface area contributed by atoms with Crippen molar-refractivity contribution in [3.63, 3.8) is 0 Å². The van der Waals surface area contributed by atoms with Gasteiger partial charge in [0.1, 0.15) is 0 Å². The van der Waals surface area contributed by atoms with Crippen molar-refractivity contribution in [3.8, 4) is 0 Å². The standard InChI is InChI=1S/C17H25N3O2/c1-2-3-11-18-17(22)19-16(21)13-20-12-7-10-15(20)14-8-5-4-6-9-14/h4-6,8-9,15H,2-3,7,10-13H2,1H3,(H2,18,19,21,22). The van der Waals surface area contributed by atoms with Gasteiger partial charge in [-0.3, -0.25) is 15.0 Å². The Bertz CT molecular complexity index is 490. The zero-order valence-corrected chi connectivity index (χ0v) is 13.2. The summed E-state index contributed by atoms with van der Waals surface area (Å²) in [6, 6.07) is 10.1. The van der Waals surface area contributed by atoms with Gasteiger partial charge in [0.05, 0.1) is 6.54 Å². The molecule has 1 aromatic carbocycles. The van der Waals surface area contributed by atoms with Crippen LogP contribution in [0.2, 0.25) is 0 Å². The minimum absolute atomic E-state index is 0.239. The number of benzene rings is 1. The van der Waals surface area contributed by atoms with E-state index in [-0.39, 0.29) is 18.5 Å². The van der Waals surface area contributed by atoms with E-state index < -0.39 is 6.03 Å². The molecule has 5 heteroatoms. The van der Waals surface area contributed by atoms with Gasteiger partial charge < -0.3 is 5.32 Å². The Kier molecular flexibility index (Phi) is 6.40. The second-order valence-electron chi connectivity index (χ2n) is 5.70. The van der Waals surface area contributed by atoms with Gasteiger partial charge in [0.2, 0.25) is 5.91 Å². The lowest BCUT2D eigenvalue weighted by Crippen LogP contribution is -2.44. The maximum Gasteiger partial charge on any atom is 0.321 e. The van der Waals surface area contributed by atoms with E-state index in [2.05, 4.69) is 34.6 Å². The summed E-state index contributed by atoms with van der Waals surface area (Å²) in [4.78, 5) is 25.7. The summed E-state index contributed by atoms with van der Waals surface area (Å²) in [7, 11) is 0. The molecule has 1 aliphatic heterocycles. The lowest BCUT2D eigenvalue weighted by molar-refractivity contribution is -0.121. The van der Waals surface area contributed by atoms with E-state index in [0.717, 1.165) is 32.2 Å². The van der Waals surface area contributed by atoms with Crippen LogP contribution in [0, 0.1) is 0 Å². The van der Waals surface area contributed by atoms with Crippen LogP contribution >= 0.6 is 0 Å². The Morgan fingerprint density at radius 1 is 1.27 bits per heavy atom. The number of unbranched alkanes of at least 4 members (excludes halogenated alkanes) is 1. The van der Waals surface area contributed by atoms with Gasteiger partial charge in [0.25, 0.3) is 0 Å². The first-order chi connectivity index (χ1) is 10.7. The van der Waals surface area contributed by atoms with E-state index >= 15 is 0 Å². The van der Waals surface area contributed by atoms with E-state index in [0.29, 0.717) is 6.54 Å². The van der Waals surface area contributed by atoms with Crippen LogP contribution in [0.5, 0.6) is 0 Å². The molecule has 0 spiro atoms. The lowest BCUT2D eigenvalue weighted by Gasteiger charge is -2.24. The maximum atomic E-state index is 12.0. The molecule has 2 rings (SSSR count). The number of likely N-dealkylation sites (tertiary alicyclic amines) is 1. The van der Waals surface area contributed by atoms with Crippen molar-refractivity contribution in [2.75, 3.05) is 19.6 Å². The molecule has 0 saturated carbocycles. The van der Waals surface area contributed by atoms with Crippen LogP contribution in [-0.2, 0) is 4.79 Å². The second-order valence-corrected chi connectivity index (χ2v) is 5.70. The summed E-state index contributed by atoms with van der Waals surface area (Å²) in [5.41, 5.74) is 1.24. The highest BCUT2D eigenvalue weighted by atomic mass is 16.2. The van der Waals surface area contributed by atoms with Crippen LogP contribution in [0.4, 0.5) is 4.79 Å². The Morgan fingerprint density at radius 3 is 2.77 bits per heavy atom. The van der Waals surface area contributed by atoms with Crippen LogP contribution in [0.1, 0.15) is 44.2 Å². The number of carbonyl (C=O) groups is 2. The van der Waals surface area contributed by atoms with Gasteiger partial charge in [-0.05, 0) is 31.4 Å². The predicted octanol–water partition coefficient (Wildman–Crippen LogP) is 2.45. The van der Waals surface area contributed by atoms with Crippen molar-refractivity contribution in [2.45, 2.75) is 38.6 Å². The van der Waals surface area contributed by atoms with Crippen molar-refractivity contribution in [3.05, 3.63) is 35.9 Å². The van der Waals surface area contributed by atoms with E-state index in [9.17, 15) is 9.59 Å². The number of urea groups is 1. The lowest BCUT2D eigenvalue weighted by atomic mass is 10.0. The van der Waals surface area contributed by atoms with Gasteiger partial charge in [-0.15, -0.1) is 0 Å². The van der Waals surface area contributed by atoms with Crippen molar-refractivity contribution < 1.29 is 9.59 Å². The number of nitrogens with one attached hydrogen (secondary N) is 2. The summed E-state index contributed by atoms with van der Waals surface area (Å²) in [6.45, 7) is 3.82. The zero-order valence-electron chi connectivity index (χ0n) is 13.2. The van der Waals surface area contributed by atoms with Crippen LogP contribution < -0.4 is 10.6 Å². The summed E-state index contributed by atoms with van der Waals surface area (Å²) >= 11 is 0. The van der Waals surface area contributed by atoms with Gasteiger partial charge in [-0.2, -0.15) is 0 Å². The molecule has 1 saturated heterocycles. The summed E-state index contributed by atoms with van der Waals surface area (Å²) in [5, 5.41) is 5.10. The molecule has 1 fully saturated rings. The molecule has 3 amide bonds. The molecular formula is C17H25N3O2. The average molecular weight is 303 g/mol. The fourth-order valence-corrected chi connectivity index (χ4v) is 2.84. The van der Waals surface area contributed by atoms with Gasteiger partial charge in [-0.25, -0.2) is 4.79 Å². The van der Waals surface area contributed by atoms with Crippen LogP contribution in [-0.4, -0.2) is 36.5 Å². The van der Waals surface area contributed by atoms with Gasteiger partial charge in [0.15, 0.2) is 0 Å². The Morgan fingerprint density at radius 2 is 2.05 bits per heavy atom. The molecular weight excluding hydrogens is 278 g/mol. The molecule has 0 bridgehead atoms. The third kappa shape index (κ3) is 4.84. The highest BCUT2D eigenvalue weighted by Crippen LogP contribution is 2.31. The van der Waals surface area contributed by atoms with Crippen molar-refractivity contribution in [1.82, 2.24) is 15.5 Å². The summed E-state index contributed by atoms with van der Waals surface area (Å²) < 4.78 is 0. The molecule has 0 radical (unpaired) electrons. The molecule has 2 N–H and O–H groups in total. The van der Waals surface area contributed by atoms with E-state index in [1.54, 1.807) is 0 Å². The average Bonchev–Trinajstić information content (AvgIpc) is 2.96. The minimum atomic E-state index is -0.395. The Balaban J connectivity index is 1.82. The van der Waals surface area contributed by atoms with Crippen molar-refractivity contribution in [1.29, 1.82) is 0 Å². The molecule has 0 aliphatic carbocycles. The number of imide groups is 1. The third-order valence-electron chi connectivity index (χ3n) is 3.96. The fourth-order valence-electron chi connectivity index (χ4n) is 2.84. The summed E-state index contributed by atoms with van der Waals surface area (Å²) in [5.74, 6) is -0.239. The molecule has 1 heterocycles. The molecule has 120 valence electrons. The van der Waals surface area contributed by atoms with Gasteiger partial charge in [-0.1, -0.05) is 43.7 Å². The normalized spacial score (nSPS) is 18.1. The number of rotatable bonds is 6. The molecule has 1 unspecified atom stereocenters. The number of nitrogens with zero attached hydrogens (tertiary/aromatic N) is 1. The van der Waals surface area contributed by atoms with Gasteiger partial charge in [0, 0.05) is 12.6 Å². The molecule has 22 heavy (non-hydrogen) atoms. The molecule has 0 aromatic heterocycles. The first-order valence-corrected chi connectivity index (χ1v) is 8.07.